The quantitative estimate of drug-likeness (QED) is 0.337. The zero-order valence-electron chi connectivity index (χ0n) is 18.2. The highest BCUT2D eigenvalue weighted by atomic mass is 16.4. The molecule has 0 aliphatic carbocycles. The van der Waals surface area contributed by atoms with Gasteiger partial charge in [0.15, 0.2) is 0 Å². The van der Waals surface area contributed by atoms with Crippen molar-refractivity contribution >= 4 is 35.3 Å². The first-order valence-electron chi connectivity index (χ1n) is 10.2. The minimum absolute atomic E-state index is 0.0271. The van der Waals surface area contributed by atoms with Crippen molar-refractivity contribution in [3.05, 3.63) is 29.3 Å². The van der Waals surface area contributed by atoms with Crippen LogP contribution in [0.25, 0.3) is 0 Å². The van der Waals surface area contributed by atoms with E-state index in [4.69, 9.17) is 15.9 Å². The molecule has 2 atom stereocenters. The van der Waals surface area contributed by atoms with Gasteiger partial charge in [-0.05, 0) is 31.5 Å². The molecule has 0 spiro atoms. The number of piperidine rings is 1. The second-order valence-corrected chi connectivity index (χ2v) is 7.76. The number of hydrogen-bond acceptors (Lipinski definition) is 8. The number of nitrogens with one attached hydrogen (secondary N) is 1. The summed E-state index contributed by atoms with van der Waals surface area (Å²) in [4.78, 5) is 61.3. The van der Waals surface area contributed by atoms with Crippen LogP contribution < -0.4 is 11.1 Å². The minimum atomic E-state index is -1.05. The van der Waals surface area contributed by atoms with Crippen LogP contribution in [-0.2, 0) is 14.4 Å². The van der Waals surface area contributed by atoms with E-state index in [2.05, 4.69) is 5.32 Å². The Labute approximate surface area is 185 Å². The van der Waals surface area contributed by atoms with Crippen molar-refractivity contribution in [2.45, 2.75) is 38.8 Å². The third-order valence-electron chi connectivity index (χ3n) is 5.34. The van der Waals surface area contributed by atoms with Crippen LogP contribution in [0.5, 0.6) is 0 Å². The van der Waals surface area contributed by atoms with E-state index in [1.54, 1.807) is 13.1 Å². The summed E-state index contributed by atoms with van der Waals surface area (Å²) >= 11 is 0. The summed E-state index contributed by atoms with van der Waals surface area (Å²) in [7, 11) is 1.65. The van der Waals surface area contributed by atoms with Gasteiger partial charge in [-0.25, -0.2) is 0 Å². The Morgan fingerprint density at radius 1 is 1.22 bits per heavy atom. The lowest BCUT2D eigenvalue weighted by Crippen LogP contribution is -2.56. The molecule has 1 fully saturated rings. The largest absolute Gasteiger partial charge is 0.480 e. The van der Waals surface area contributed by atoms with Crippen LogP contribution in [0.15, 0.2) is 18.2 Å². The Morgan fingerprint density at radius 3 is 2.34 bits per heavy atom. The molecule has 174 valence electrons. The molecule has 4 amide bonds. The Kier molecular flexibility index (Phi) is 8.06. The van der Waals surface area contributed by atoms with Gasteiger partial charge < -0.3 is 21.3 Å². The number of likely N-dealkylation sites (tertiary alicyclic amines) is 1. The number of carboxylic acids is 1. The molecular formula is C21H28N4O7. The lowest BCUT2D eigenvalue weighted by atomic mass is 10.0. The summed E-state index contributed by atoms with van der Waals surface area (Å²) in [5, 5.41) is 20.2. The molecule has 11 heteroatoms. The van der Waals surface area contributed by atoms with Crippen molar-refractivity contribution in [1.29, 1.82) is 0 Å². The number of carbonyl (C=O) groups excluding carboxylic acids is 4. The first-order valence-corrected chi connectivity index (χ1v) is 10.2. The van der Waals surface area contributed by atoms with Crippen molar-refractivity contribution in [2.24, 2.45) is 5.92 Å². The predicted octanol–water partition coefficient (Wildman–Crippen LogP) is -0.310. The third-order valence-corrected chi connectivity index (χ3v) is 5.34. The van der Waals surface area contributed by atoms with E-state index in [1.807, 2.05) is 13.8 Å². The van der Waals surface area contributed by atoms with E-state index in [0.29, 0.717) is 0 Å². The first kappa shape index (κ1) is 25.0. The highest BCUT2D eigenvalue weighted by Gasteiger charge is 2.47. The van der Waals surface area contributed by atoms with E-state index in [-0.39, 0.29) is 48.7 Å². The number of aliphatic hydroxyl groups excluding tert-OH is 1. The molecule has 5 N–H and O–H groups in total. The van der Waals surface area contributed by atoms with E-state index in [0.717, 1.165) is 9.80 Å². The number of nitrogens with two attached hydrogens (primary N) is 1. The molecule has 32 heavy (non-hydrogen) atoms. The fourth-order valence-corrected chi connectivity index (χ4v) is 3.75. The molecule has 0 saturated carbocycles. The summed E-state index contributed by atoms with van der Waals surface area (Å²) in [6, 6.07) is 3.09. The van der Waals surface area contributed by atoms with E-state index >= 15 is 0 Å². The lowest BCUT2D eigenvalue weighted by Gasteiger charge is -2.34. The summed E-state index contributed by atoms with van der Waals surface area (Å²) < 4.78 is 0. The average molecular weight is 448 g/mol. The van der Waals surface area contributed by atoms with Gasteiger partial charge in [-0.3, -0.25) is 33.8 Å². The number of rotatable bonds is 6. The standard InChI is InChI=1S/C15H15N3O5.C6H13NO2/c16-9-3-1-2-8-12(9)15(23)18(13(8)21)10-4-5-11(20)17(6-7-19)14(10)22;1-4(2)5(7-3)6(8)9/h1-3,10,19H,4-7,16H2;4-5,7H,1-3H3,(H,8,9)/t;5-/m.0/s1. The number of nitrogen functional groups attached to an aromatic ring is 1. The van der Waals surface area contributed by atoms with Crippen LogP contribution in [0.3, 0.4) is 0 Å². The number of fused-ring (bicyclic) bond motifs is 1. The highest BCUT2D eigenvalue weighted by molar-refractivity contribution is 6.25. The molecule has 2 aliphatic rings. The number of benzene rings is 1. The lowest BCUT2D eigenvalue weighted by molar-refractivity contribution is -0.152. The third kappa shape index (κ3) is 4.78. The number of carboxylic acid groups (broad SMARTS) is 1. The Bertz CT molecular complexity index is 931. The predicted molar refractivity (Wildman–Crippen MR) is 114 cm³/mol. The first-order chi connectivity index (χ1) is 15.1. The van der Waals surface area contributed by atoms with Gasteiger partial charge in [0.2, 0.25) is 5.91 Å². The summed E-state index contributed by atoms with van der Waals surface area (Å²) in [5.74, 6) is -2.92. The van der Waals surface area contributed by atoms with Crippen molar-refractivity contribution in [3.63, 3.8) is 0 Å². The number of hydrogen-bond donors (Lipinski definition) is 4. The number of aliphatic carboxylic acids is 1. The molecule has 1 aromatic rings. The van der Waals surface area contributed by atoms with Crippen LogP contribution in [0.1, 0.15) is 47.4 Å². The number of aliphatic hydroxyl groups is 1. The van der Waals surface area contributed by atoms with Crippen molar-refractivity contribution in [2.75, 3.05) is 25.9 Å². The maximum absolute atomic E-state index is 12.5. The second-order valence-electron chi connectivity index (χ2n) is 7.76. The topological polar surface area (TPSA) is 170 Å². The number of imide groups is 2. The summed E-state index contributed by atoms with van der Waals surface area (Å²) in [6.45, 7) is 3.21. The second kappa shape index (κ2) is 10.3. The molecule has 1 saturated heterocycles. The summed E-state index contributed by atoms with van der Waals surface area (Å²) in [5.41, 5.74) is 6.20. The van der Waals surface area contributed by atoms with Crippen molar-refractivity contribution in [3.8, 4) is 0 Å². The Morgan fingerprint density at radius 2 is 1.88 bits per heavy atom. The van der Waals surface area contributed by atoms with Gasteiger partial charge in [-0.15, -0.1) is 0 Å². The van der Waals surface area contributed by atoms with Crippen molar-refractivity contribution < 1.29 is 34.2 Å². The molecule has 2 heterocycles. The maximum Gasteiger partial charge on any atom is 0.320 e. The van der Waals surface area contributed by atoms with E-state index in [9.17, 15) is 24.0 Å². The molecule has 0 radical (unpaired) electrons. The number of likely N-dealkylation sites (N-methyl/N-ethyl adjacent to an activating group) is 1. The van der Waals surface area contributed by atoms with Gasteiger partial charge in [0, 0.05) is 12.1 Å². The summed E-state index contributed by atoms with van der Waals surface area (Å²) in [6.07, 6.45) is 0.101. The van der Waals surface area contributed by atoms with Crippen LogP contribution >= 0.6 is 0 Å². The number of nitrogens with zero attached hydrogens (tertiary/aromatic N) is 2. The molecule has 0 aromatic heterocycles. The highest BCUT2D eigenvalue weighted by Crippen LogP contribution is 2.31. The van der Waals surface area contributed by atoms with Crippen LogP contribution in [0.4, 0.5) is 5.69 Å². The SMILES string of the molecule is CN[C@H](C(=O)O)C(C)C.Nc1cccc2c1C(=O)N(C1CCC(=O)N(CCO)C1=O)C2=O. The van der Waals surface area contributed by atoms with Crippen molar-refractivity contribution in [1.82, 2.24) is 15.1 Å². The monoisotopic (exact) mass is 448 g/mol. The van der Waals surface area contributed by atoms with E-state index in [1.165, 1.54) is 12.1 Å². The fourth-order valence-electron chi connectivity index (χ4n) is 3.75. The van der Waals surface area contributed by atoms with Gasteiger partial charge >= 0.3 is 5.97 Å². The zero-order valence-corrected chi connectivity index (χ0v) is 18.2. The molecular weight excluding hydrogens is 420 g/mol. The molecule has 0 bridgehead atoms. The normalized spacial score (nSPS) is 19.1. The molecule has 1 unspecified atom stereocenters. The average Bonchev–Trinajstić information content (AvgIpc) is 2.97. The Hall–Kier alpha value is -3.31. The minimum Gasteiger partial charge on any atom is -0.480 e. The zero-order chi connectivity index (χ0) is 24.2. The van der Waals surface area contributed by atoms with Gasteiger partial charge in [-0.1, -0.05) is 19.9 Å². The van der Waals surface area contributed by atoms with E-state index < -0.39 is 41.7 Å². The Balaban J connectivity index is 0.000000344. The van der Waals surface area contributed by atoms with Gasteiger partial charge in [0.1, 0.15) is 12.1 Å². The number of β-amino-alcohol motifs (C(OH)–C–C–N with tert-alkyl or cyclic N) is 1. The van der Waals surface area contributed by atoms with Crippen LogP contribution in [-0.4, -0.2) is 81.9 Å². The number of carbonyl (C=O) groups is 5. The van der Waals surface area contributed by atoms with Gasteiger partial charge in [0.05, 0.1) is 24.3 Å². The molecule has 2 aliphatic heterocycles. The fraction of sp³-hybridized carbons (Fsp3) is 0.476. The molecule has 3 rings (SSSR count). The smallest absolute Gasteiger partial charge is 0.320 e. The molecule has 1 aromatic carbocycles. The number of amides is 4. The van der Waals surface area contributed by atoms with Crippen LogP contribution in [0, 0.1) is 5.92 Å². The van der Waals surface area contributed by atoms with Crippen LogP contribution in [0.2, 0.25) is 0 Å². The number of anilines is 1. The molecule has 11 nitrogen and oxygen atoms in total. The van der Waals surface area contributed by atoms with Gasteiger partial charge in [-0.2, -0.15) is 0 Å². The maximum atomic E-state index is 12.5. The van der Waals surface area contributed by atoms with Gasteiger partial charge in [0.25, 0.3) is 17.7 Å².